The molecule has 0 radical (unpaired) electrons. The molecule has 0 fully saturated rings. The fraction of sp³-hybridized carbons (Fsp3) is 0.873. The highest BCUT2D eigenvalue weighted by molar-refractivity contribution is 7.47. The van der Waals surface area contributed by atoms with Crippen LogP contribution in [0.5, 0.6) is 0 Å². The molecule has 0 aromatic heterocycles. The van der Waals surface area contributed by atoms with Crippen molar-refractivity contribution in [3.05, 3.63) is 12.2 Å². The van der Waals surface area contributed by atoms with Crippen LogP contribution in [-0.2, 0) is 56.5 Å². The van der Waals surface area contributed by atoms with Gasteiger partial charge in [-0.2, -0.15) is 0 Å². The zero-order valence-corrected chi connectivity index (χ0v) is 46.2. The summed E-state index contributed by atoms with van der Waals surface area (Å²) in [5, 5.41) is 5.79. The first-order chi connectivity index (χ1) is 35.1. The second-order valence-electron chi connectivity index (χ2n) is 19.4. The maximum absolute atomic E-state index is 12.8. The molecule has 16 nitrogen and oxygen atoms in total. The minimum absolute atomic E-state index is 0.0410. The van der Waals surface area contributed by atoms with Crippen LogP contribution in [0.2, 0.25) is 0 Å². The maximum Gasteiger partial charge on any atom is 0.472 e. The summed E-state index contributed by atoms with van der Waals surface area (Å²) in [7, 11) is -4.51. The Kier molecular flexibility index (Phi) is 46.0. The van der Waals surface area contributed by atoms with Crippen LogP contribution < -0.4 is 10.6 Å². The second-order valence-corrected chi connectivity index (χ2v) is 20.8. The summed E-state index contributed by atoms with van der Waals surface area (Å²) >= 11 is 0. The molecule has 2 atom stereocenters. The Labute approximate surface area is 435 Å². The van der Waals surface area contributed by atoms with E-state index in [4.69, 9.17) is 28.0 Å². The summed E-state index contributed by atoms with van der Waals surface area (Å²) in [5.41, 5.74) is 0. The number of esters is 2. The van der Waals surface area contributed by atoms with Crippen LogP contribution in [0.4, 0.5) is 0 Å². The molecule has 0 aromatic carbocycles. The van der Waals surface area contributed by atoms with E-state index in [0.29, 0.717) is 58.8 Å². The Bertz CT molecular complexity index is 1420. The number of imide groups is 1. The standard InChI is InChI=1S/C55H102N3O13P/c1-3-5-7-9-11-13-15-17-19-21-23-25-27-29-31-34-54(62)68-48-50(71-55(63)35-32-30-28-26-24-22-20-18-16-14-12-10-8-6-4-2)49-70-72(64,65)69-45-41-56-40-44-67-47-46-66-43-33-39-57-51(59)38-42-58-52(60)36-37-53(58)61/h36-37,50,56H,3-35,38-49H2,1-2H3,(H,57,59)(H,64,65). The van der Waals surface area contributed by atoms with E-state index in [-0.39, 0.29) is 51.5 Å². The highest BCUT2D eigenvalue weighted by Gasteiger charge is 2.26. The Morgan fingerprint density at radius 2 is 0.944 bits per heavy atom. The number of unbranched alkanes of at least 4 members (excludes halogenated alkanes) is 28. The molecule has 0 aliphatic carbocycles. The number of rotatable bonds is 55. The number of nitrogens with zero attached hydrogens (tertiary/aromatic N) is 1. The van der Waals surface area contributed by atoms with Crippen molar-refractivity contribution < 1.29 is 61.4 Å². The molecular weight excluding hydrogens is 942 g/mol. The number of phosphoric ester groups is 1. The molecule has 1 rings (SSSR count). The molecular formula is C55H102N3O13P. The number of carbonyl (C=O) groups is 5. The summed E-state index contributed by atoms with van der Waals surface area (Å²) in [6, 6.07) is 0. The predicted octanol–water partition coefficient (Wildman–Crippen LogP) is 11.5. The van der Waals surface area contributed by atoms with Gasteiger partial charge in [0.15, 0.2) is 6.10 Å². The third-order valence-electron chi connectivity index (χ3n) is 12.7. The van der Waals surface area contributed by atoms with E-state index in [1.54, 1.807) is 0 Å². The minimum atomic E-state index is -4.51. The fourth-order valence-electron chi connectivity index (χ4n) is 8.29. The van der Waals surface area contributed by atoms with Crippen LogP contribution in [0.25, 0.3) is 0 Å². The van der Waals surface area contributed by atoms with E-state index in [9.17, 15) is 33.4 Å². The van der Waals surface area contributed by atoms with Gasteiger partial charge in [0.05, 0.1) is 33.0 Å². The van der Waals surface area contributed by atoms with Crippen molar-refractivity contribution in [3.63, 3.8) is 0 Å². The Morgan fingerprint density at radius 1 is 0.514 bits per heavy atom. The van der Waals surface area contributed by atoms with Crippen LogP contribution in [0.1, 0.15) is 232 Å². The lowest BCUT2D eigenvalue weighted by Gasteiger charge is -2.20. The minimum Gasteiger partial charge on any atom is -0.462 e. The van der Waals surface area contributed by atoms with Crippen molar-refractivity contribution in [3.8, 4) is 0 Å². The van der Waals surface area contributed by atoms with Crippen molar-refractivity contribution in [2.45, 2.75) is 238 Å². The van der Waals surface area contributed by atoms with E-state index in [2.05, 4.69) is 24.5 Å². The number of phosphoric acid groups is 1. The van der Waals surface area contributed by atoms with E-state index < -0.39 is 44.3 Å². The van der Waals surface area contributed by atoms with Gasteiger partial charge in [-0.1, -0.05) is 194 Å². The molecule has 2 unspecified atom stereocenters. The van der Waals surface area contributed by atoms with Crippen molar-refractivity contribution in [2.24, 2.45) is 0 Å². The number of hydrogen-bond acceptors (Lipinski definition) is 13. The van der Waals surface area contributed by atoms with Crippen molar-refractivity contribution in [1.82, 2.24) is 15.5 Å². The van der Waals surface area contributed by atoms with Gasteiger partial charge in [0.1, 0.15) is 6.61 Å². The molecule has 1 aliphatic heterocycles. The van der Waals surface area contributed by atoms with Crippen molar-refractivity contribution in [2.75, 3.05) is 72.4 Å². The van der Waals surface area contributed by atoms with Gasteiger partial charge >= 0.3 is 19.8 Å². The molecule has 72 heavy (non-hydrogen) atoms. The van der Waals surface area contributed by atoms with Crippen LogP contribution in [0, 0.1) is 0 Å². The molecule has 1 heterocycles. The summed E-state index contributed by atoms with van der Waals surface area (Å²) in [5.74, 6) is -1.94. The van der Waals surface area contributed by atoms with Crippen LogP contribution >= 0.6 is 7.82 Å². The zero-order valence-electron chi connectivity index (χ0n) is 45.3. The SMILES string of the molecule is CCCCCCCCCCCCCCCCCC(=O)OCC(COP(=O)(O)OCCNCCOCCOCCCNC(=O)CCN1C(=O)C=CC1=O)OC(=O)CCCCCCCCCCCCCCCCC. The number of nitrogens with one attached hydrogen (secondary N) is 2. The first kappa shape index (κ1) is 67.3. The van der Waals surface area contributed by atoms with Gasteiger partial charge < -0.3 is 34.5 Å². The number of hydrogen-bond donors (Lipinski definition) is 3. The fourth-order valence-corrected chi connectivity index (χ4v) is 9.05. The predicted molar refractivity (Wildman–Crippen MR) is 284 cm³/mol. The molecule has 0 spiro atoms. The number of carbonyl (C=O) groups excluding carboxylic acids is 5. The highest BCUT2D eigenvalue weighted by Crippen LogP contribution is 2.43. The van der Waals surface area contributed by atoms with E-state index in [1.165, 1.54) is 153 Å². The van der Waals surface area contributed by atoms with Crippen LogP contribution in [0.15, 0.2) is 12.2 Å². The quantitative estimate of drug-likeness (QED) is 0.0224. The molecule has 0 bridgehead atoms. The van der Waals surface area contributed by atoms with Gasteiger partial charge in [-0.15, -0.1) is 0 Å². The maximum atomic E-state index is 12.8. The highest BCUT2D eigenvalue weighted by atomic mass is 31.2. The normalized spacial score (nSPS) is 13.7. The number of amides is 3. The molecule has 0 aromatic rings. The van der Waals surface area contributed by atoms with Gasteiger partial charge in [-0.25, -0.2) is 4.57 Å². The van der Waals surface area contributed by atoms with E-state index in [1.807, 2.05) is 0 Å². The lowest BCUT2D eigenvalue weighted by atomic mass is 10.0. The molecule has 3 N–H and O–H groups in total. The summed E-state index contributed by atoms with van der Waals surface area (Å²) in [6.07, 6.45) is 39.2. The average molecular weight is 1040 g/mol. The smallest absolute Gasteiger partial charge is 0.462 e. The van der Waals surface area contributed by atoms with Gasteiger partial charge in [-0.3, -0.25) is 37.9 Å². The topological polar surface area (TPSA) is 205 Å². The van der Waals surface area contributed by atoms with Crippen molar-refractivity contribution in [1.29, 1.82) is 0 Å². The molecule has 3 amide bonds. The van der Waals surface area contributed by atoms with E-state index >= 15 is 0 Å². The third-order valence-corrected chi connectivity index (χ3v) is 13.7. The Balaban J connectivity index is 2.27. The summed E-state index contributed by atoms with van der Waals surface area (Å²) < 4.78 is 45.2. The molecule has 1 aliphatic rings. The van der Waals surface area contributed by atoms with E-state index in [0.717, 1.165) is 43.4 Å². The van der Waals surface area contributed by atoms with Gasteiger partial charge in [-0.05, 0) is 19.3 Å². The summed E-state index contributed by atoms with van der Waals surface area (Å²) in [4.78, 5) is 72.0. The largest absolute Gasteiger partial charge is 0.472 e. The third kappa shape index (κ3) is 43.7. The lowest BCUT2D eigenvalue weighted by Crippen LogP contribution is -2.35. The van der Waals surface area contributed by atoms with Crippen molar-refractivity contribution >= 4 is 37.5 Å². The lowest BCUT2D eigenvalue weighted by molar-refractivity contribution is -0.161. The second kappa shape index (κ2) is 49.2. The molecule has 0 saturated carbocycles. The van der Waals surface area contributed by atoms with Gasteiger partial charge in [0.2, 0.25) is 5.91 Å². The Morgan fingerprint density at radius 3 is 1.43 bits per heavy atom. The monoisotopic (exact) mass is 1040 g/mol. The number of ether oxygens (including phenoxy) is 4. The first-order valence-electron chi connectivity index (χ1n) is 28.7. The van der Waals surface area contributed by atoms with Gasteiger partial charge in [0, 0.05) is 64.2 Å². The van der Waals surface area contributed by atoms with Crippen LogP contribution in [-0.4, -0.2) is 118 Å². The Hall–Kier alpha value is -2.72. The first-order valence-corrected chi connectivity index (χ1v) is 30.2. The zero-order chi connectivity index (χ0) is 52.4. The average Bonchev–Trinajstić information content (AvgIpc) is 3.69. The van der Waals surface area contributed by atoms with Crippen LogP contribution in [0.3, 0.4) is 0 Å². The summed E-state index contributed by atoms with van der Waals surface area (Å²) in [6.45, 7) is 6.30. The van der Waals surface area contributed by atoms with Gasteiger partial charge in [0.25, 0.3) is 11.8 Å². The molecule has 17 heteroatoms. The molecule has 0 saturated heterocycles. The molecule has 420 valence electrons.